The summed E-state index contributed by atoms with van der Waals surface area (Å²) in [4.78, 5) is 1.04. The molecule has 232 valence electrons. The van der Waals surface area contributed by atoms with Gasteiger partial charge < -0.3 is 24.1 Å². The first-order chi connectivity index (χ1) is 21.9. The summed E-state index contributed by atoms with van der Waals surface area (Å²) in [5.41, 5.74) is 5.12. The van der Waals surface area contributed by atoms with Gasteiger partial charge >= 0.3 is 0 Å². The van der Waals surface area contributed by atoms with Crippen molar-refractivity contribution < 1.29 is 24.1 Å². The Balaban J connectivity index is 1.41. The van der Waals surface area contributed by atoms with Gasteiger partial charge in [0.25, 0.3) is 0 Å². The number of thiophene rings is 1. The van der Waals surface area contributed by atoms with Crippen LogP contribution in [0.4, 0.5) is 0 Å². The van der Waals surface area contributed by atoms with Crippen LogP contribution in [0.15, 0.2) is 110 Å². The molecule has 45 heavy (non-hydrogen) atoms. The first kappa shape index (κ1) is 31.2. The fourth-order valence-electron chi connectivity index (χ4n) is 6.12. The predicted octanol–water partition coefficient (Wildman–Crippen LogP) is 8.79. The van der Waals surface area contributed by atoms with Gasteiger partial charge in [-0.05, 0) is 65.3 Å². The molecule has 0 radical (unpaired) electrons. The molecular formula is C39H40O5S. The molecule has 1 aliphatic heterocycles. The Kier molecular flexibility index (Phi) is 9.50. The van der Waals surface area contributed by atoms with Crippen molar-refractivity contribution in [3.8, 4) is 5.75 Å². The number of rotatable bonds is 11. The molecule has 6 heteroatoms. The predicted molar refractivity (Wildman–Crippen MR) is 181 cm³/mol. The van der Waals surface area contributed by atoms with Gasteiger partial charge in [-0.25, -0.2) is 0 Å². The van der Waals surface area contributed by atoms with Crippen LogP contribution in [-0.2, 0) is 33.2 Å². The third-order valence-electron chi connectivity index (χ3n) is 8.58. The number of ether oxygens (including phenoxy) is 4. The number of methoxy groups -OCH3 is 1. The van der Waals surface area contributed by atoms with Gasteiger partial charge in [-0.1, -0.05) is 92.4 Å². The highest BCUT2D eigenvalue weighted by molar-refractivity contribution is 7.20. The molecule has 1 aliphatic rings. The molecule has 0 amide bonds. The van der Waals surface area contributed by atoms with Crippen LogP contribution in [0.3, 0.4) is 0 Å². The molecule has 0 spiro atoms. The summed E-state index contributed by atoms with van der Waals surface area (Å²) in [6, 6.07) is 34.4. The van der Waals surface area contributed by atoms with E-state index in [0.717, 1.165) is 44.5 Å². The molecule has 2 heterocycles. The van der Waals surface area contributed by atoms with Gasteiger partial charge in [0.05, 0.1) is 32.5 Å². The first-order valence-electron chi connectivity index (χ1n) is 15.5. The van der Waals surface area contributed by atoms with Gasteiger partial charge in [-0.2, -0.15) is 0 Å². The van der Waals surface area contributed by atoms with Gasteiger partial charge in [-0.15, -0.1) is 11.3 Å². The molecule has 1 saturated heterocycles. The Hall–Kier alpha value is -3.78. The Morgan fingerprint density at radius 1 is 0.911 bits per heavy atom. The highest BCUT2D eigenvalue weighted by Crippen LogP contribution is 2.45. The zero-order chi connectivity index (χ0) is 31.4. The Labute approximate surface area is 269 Å². The quantitative estimate of drug-likeness (QED) is 0.160. The van der Waals surface area contributed by atoms with Crippen LogP contribution < -0.4 is 4.74 Å². The van der Waals surface area contributed by atoms with Crippen molar-refractivity contribution in [2.24, 2.45) is 0 Å². The number of hydrogen-bond acceptors (Lipinski definition) is 6. The largest absolute Gasteiger partial charge is 0.496 e. The molecule has 1 fully saturated rings. The lowest BCUT2D eigenvalue weighted by Gasteiger charge is -2.47. The molecule has 4 aromatic carbocycles. The van der Waals surface area contributed by atoms with E-state index in [2.05, 4.69) is 31.7 Å². The van der Waals surface area contributed by atoms with Crippen molar-refractivity contribution in [1.82, 2.24) is 0 Å². The molecule has 1 N–H and O–H groups in total. The topological polar surface area (TPSA) is 57.2 Å². The lowest BCUT2D eigenvalue weighted by molar-refractivity contribution is -0.347. The van der Waals surface area contributed by atoms with Gasteiger partial charge in [0.1, 0.15) is 11.9 Å². The lowest BCUT2D eigenvalue weighted by atomic mass is 9.85. The SMILES string of the molecule is C=C(c1cc2ccccc2s1)c1cc(C2(O)O[C@H](CC)C[C@H](OCc3ccccc3)[C@H]2OCc2ccccc2)c(C)cc1OC. The molecule has 6 rings (SSSR count). The van der Waals surface area contributed by atoms with E-state index in [1.165, 1.54) is 4.70 Å². The Bertz CT molecular complexity index is 1710. The zero-order valence-corrected chi connectivity index (χ0v) is 26.9. The Morgan fingerprint density at radius 3 is 2.20 bits per heavy atom. The number of aryl methyl sites for hydroxylation is 1. The van der Waals surface area contributed by atoms with Crippen molar-refractivity contribution in [3.05, 3.63) is 142 Å². The summed E-state index contributed by atoms with van der Waals surface area (Å²) in [6.45, 7) is 9.23. The molecule has 5 nitrogen and oxygen atoms in total. The van der Waals surface area contributed by atoms with Crippen LogP contribution in [0.5, 0.6) is 5.75 Å². The van der Waals surface area contributed by atoms with Crippen molar-refractivity contribution in [1.29, 1.82) is 0 Å². The van der Waals surface area contributed by atoms with Crippen LogP contribution in [0.2, 0.25) is 0 Å². The van der Waals surface area contributed by atoms with Crippen molar-refractivity contribution in [3.63, 3.8) is 0 Å². The average molecular weight is 621 g/mol. The van der Waals surface area contributed by atoms with Crippen LogP contribution in [0.1, 0.15) is 52.5 Å². The summed E-state index contributed by atoms with van der Waals surface area (Å²) in [5.74, 6) is -1.11. The number of benzene rings is 4. The van der Waals surface area contributed by atoms with E-state index in [1.54, 1.807) is 18.4 Å². The summed E-state index contributed by atoms with van der Waals surface area (Å²) in [6.07, 6.45) is -0.143. The lowest BCUT2D eigenvalue weighted by Crippen LogP contribution is -2.57. The third kappa shape index (κ3) is 6.62. The molecule has 0 saturated carbocycles. The minimum Gasteiger partial charge on any atom is -0.496 e. The summed E-state index contributed by atoms with van der Waals surface area (Å²) in [7, 11) is 1.66. The fraction of sp³-hybridized carbons (Fsp3) is 0.282. The van der Waals surface area contributed by atoms with Gasteiger partial charge in [-0.3, -0.25) is 0 Å². The third-order valence-corrected chi connectivity index (χ3v) is 9.76. The average Bonchev–Trinajstić information content (AvgIpc) is 3.51. The molecule has 1 aromatic heterocycles. The van der Waals surface area contributed by atoms with E-state index in [4.69, 9.17) is 18.9 Å². The van der Waals surface area contributed by atoms with E-state index in [9.17, 15) is 5.11 Å². The van der Waals surface area contributed by atoms with Crippen LogP contribution in [-0.4, -0.2) is 30.5 Å². The smallest absolute Gasteiger partial charge is 0.222 e. The maximum atomic E-state index is 12.8. The summed E-state index contributed by atoms with van der Waals surface area (Å²) in [5, 5.41) is 14.0. The molecule has 4 atom stereocenters. The molecular weight excluding hydrogens is 580 g/mol. The fourth-order valence-corrected chi connectivity index (χ4v) is 7.17. The number of fused-ring (bicyclic) bond motifs is 1. The van der Waals surface area contributed by atoms with Gasteiger partial charge in [0, 0.05) is 27.1 Å². The molecule has 0 aliphatic carbocycles. The Morgan fingerprint density at radius 2 is 1.56 bits per heavy atom. The van der Waals surface area contributed by atoms with Crippen LogP contribution in [0.25, 0.3) is 15.7 Å². The van der Waals surface area contributed by atoms with Crippen LogP contribution >= 0.6 is 11.3 Å². The normalized spacial score (nSPS) is 21.6. The molecule has 5 aromatic rings. The van der Waals surface area contributed by atoms with E-state index in [1.807, 2.05) is 91.9 Å². The van der Waals surface area contributed by atoms with Crippen molar-refractivity contribution >= 4 is 27.0 Å². The van der Waals surface area contributed by atoms with Gasteiger partial charge in [0.15, 0.2) is 0 Å². The molecule has 1 unspecified atom stereocenters. The molecule has 0 bridgehead atoms. The van der Waals surface area contributed by atoms with E-state index < -0.39 is 18.0 Å². The summed E-state index contributed by atoms with van der Waals surface area (Å²) < 4.78 is 26.9. The minimum atomic E-state index is -1.79. The monoisotopic (exact) mass is 620 g/mol. The summed E-state index contributed by atoms with van der Waals surface area (Å²) >= 11 is 1.69. The van der Waals surface area contributed by atoms with E-state index in [-0.39, 0.29) is 6.10 Å². The minimum absolute atomic E-state index is 0.233. The maximum absolute atomic E-state index is 12.8. The van der Waals surface area contributed by atoms with Crippen LogP contribution in [0, 0.1) is 6.92 Å². The van der Waals surface area contributed by atoms with E-state index in [0.29, 0.717) is 30.9 Å². The second-order valence-corrected chi connectivity index (χ2v) is 12.7. The van der Waals surface area contributed by atoms with Gasteiger partial charge in [0.2, 0.25) is 5.79 Å². The number of aliphatic hydroxyl groups is 1. The highest BCUT2D eigenvalue weighted by atomic mass is 32.1. The van der Waals surface area contributed by atoms with Crippen molar-refractivity contribution in [2.75, 3.05) is 7.11 Å². The second-order valence-electron chi connectivity index (χ2n) is 11.6. The second kappa shape index (κ2) is 13.7. The van der Waals surface area contributed by atoms with Crippen molar-refractivity contribution in [2.45, 2.75) is 64.0 Å². The number of hydrogen-bond donors (Lipinski definition) is 1. The van der Waals surface area contributed by atoms with E-state index >= 15 is 0 Å². The first-order valence-corrected chi connectivity index (χ1v) is 16.3. The highest BCUT2D eigenvalue weighted by Gasteiger charge is 2.52. The standard InChI is InChI=1S/C39H40O5S/c1-5-31-22-35(42-24-28-14-8-6-9-15-28)38(43-25-29-16-10-7-11-17-29)39(40,44-31)33-23-32(34(41-4)20-26(33)2)27(3)37-21-30-18-12-13-19-36(30)45-37/h6-21,23,31,35,38,40H,3,5,22,24-25H2,1-2,4H3/t31-,35+,38-,39?/m1/s1. The zero-order valence-electron chi connectivity index (χ0n) is 26.1. The maximum Gasteiger partial charge on any atom is 0.222 e.